The maximum absolute atomic E-state index is 11.6. The second-order valence-electron chi connectivity index (χ2n) is 3.98. The summed E-state index contributed by atoms with van der Waals surface area (Å²) in [6.07, 6.45) is 3.19. The molecular formula is C15H26ClNO2. The van der Waals surface area contributed by atoms with Gasteiger partial charge in [0.1, 0.15) is 0 Å². The minimum Gasteiger partial charge on any atom is -0.462 e. The van der Waals surface area contributed by atoms with Gasteiger partial charge in [-0.2, -0.15) is 0 Å². The summed E-state index contributed by atoms with van der Waals surface area (Å²) >= 11 is 0. The maximum Gasteiger partial charge on any atom is 0.338 e. The molecule has 0 aromatic heterocycles. The Labute approximate surface area is 123 Å². The summed E-state index contributed by atoms with van der Waals surface area (Å²) in [6.45, 7) is 4.40. The van der Waals surface area contributed by atoms with Crippen molar-refractivity contribution in [2.75, 3.05) is 20.7 Å². The number of esters is 1. The van der Waals surface area contributed by atoms with Crippen molar-refractivity contribution in [3.63, 3.8) is 0 Å². The summed E-state index contributed by atoms with van der Waals surface area (Å²) in [5.41, 5.74) is 1.81. The van der Waals surface area contributed by atoms with Crippen LogP contribution in [0.15, 0.2) is 24.3 Å². The zero-order chi connectivity index (χ0) is 13.8. The Balaban J connectivity index is 0. The van der Waals surface area contributed by atoms with E-state index in [0.717, 1.165) is 24.8 Å². The number of aryl methyl sites for hydroxylation is 1. The first-order valence-corrected chi connectivity index (χ1v) is 6.54. The third kappa shape index (κ3) is 8.62. The normalized spacial score (nSPS) is 8.84. The second kappa shape index (κ2) is 13.4. The van der Waals surface area contributed by atoms with E-state index >= 15 is 0 Å². The lowest BCUT2D eigenvalue weighted by molar-refractivity contribution is 0.0525. The van der Waals surface area contributed by atoms with Crippen LogP contribution in [0.1, 0.15) is 42.6 Å². The molecule has 19 heavy (non-hydrogen) atoms. The molecule has 1 aromatic rings. The molecule has 1 aromatic carbocycles. The van der Waals surface area contributed by atoms with Crippen molar-refractivity contribution in [2.45, 2.75) is 33.1 Å². The summed E-state index contributed by atoms with van der Waals surface area (Å²) in [5, 5.41) is 2.75. The van der Waals surface area contributed by atoms with Crippen molar-refractivity contribution >= 4 is 18.4 Å². The molecule has 0 saturated carbocycles. The molecule has 0 heterocycles. The maximum atomic E-state index is 11.6. The van der Waals surface area contributed by atoms with E-state index in [1.807, 2.05) is 45.3 Å². The molecule has 0 fully saturated rings. The zero-order valence-corrected chi connectivity index (χ0v) is 13.2. The van der Waals surface area contributed by atoms with Gasteiger partial charge < -0.3 is 10.1 Å². The van der Waals surface area contributed by atoms with E-state index in [-0.39, 0.29) is 18.4 Å². The number of carbonyl (C=O) groups is 1. The number of ether oxygens (including phenoxy) is 1. The topological polar surface area (TPSA) is 38.3 Å². The van der Waals surface area contributed by atoms with Gasteiger partial charge in [-0.15, -0.1) is 12.4 Å². The van der Waals surface area contributed by atoms with Gasteiger partial charge in [0, 0.05) is 0 Å². The van der Waals surface area contributed by atoms with Crippen molar-refractivity contribution in [1.29, 1.82) is 0 Å². The van der Waals surface area contributed by atoms with Crippen LogP contribution in [0.4, 0.5) is 0 Å². The third-order valence-electron chi connectivity index (χ3n) is 2.31. The van der Waals surface area contributed by atoms with Crippen LogP contribution in [-0.2, 0) is 11.2 Å². The predicted octanol–water partition coefficient (Wildman–Crippen LogP) is 3.46. The third-order valence-corrected chi connectivity index (χ3v) is 2.31. The fourth-order valence-corrected chi connectivity index (χ4v) is 1.51. The van der Waals surface area contributed by atoms with E-state index < -0.39 is 0 Å². The standard InChI is InChI=1S/C13H18O2.C2H7N.ClH/c1-3-5-8-11-9-6-7-10-12(11)13(14)15-4-2;1-3-2;/h6-7,9-10H,3-5,8H2,1-2H3;3H,1-2H3;1H. The van der Waals surface area contributed by atoms with Gasteiger partial charge in [-0.25, -0.2) is 4.79 Å². The Morgan fingerprint density at radius 2 is 1.79 bits per heavy atom. The van der Waals surface area contributed by atoms with Crippen molar-refractivity contribution < 1.29 is 9.53 Å². The minimum atomic E-state index is -0.204. The van der Waals surface area contributed by atoms with Gasteiger partial charge in [0.05, 0.1) is 12.2 Å². The Hall–Kier alpha value is -1.06. The summed E-state index contributed by atoms with van der Waals surface area (Å²) in [4.78, 5) is 11.6. The first kappa shape index (κ1) is 20.3. The average molecular weight is 288 g/mol. The van der Waals surface area contributed by atoms with Crippen molar-refractivity contribution in [1.82, 2.24) is 5.32 Å². The second-order valence-corrected chi connectivity index (χ2v) is 3.98. The fraction of sp³-hybridized carbons (Fsp3) is 0.533. The Morgan fingerprint density at radius 3 is 2.32 bits per heavy atom. The van der Waals surface area contributed by atoms with Crippen LogP contribution < -0.4 is 5.32 Å². The van der Waals surface area contributed by atoms with Gasteiger partial charge in [-0.1, -0.05) is 31.5 Å². The highest BCUT2D eigenvalue weighted by atomic mass is 35.5. The van der Waals surface area contributed by atoms with Gasteiger partial charge in [0.15, 0.2) is 0 Å². The molecule has 110 valence electrons. The molecule has 4 heteroatoms. The largest absolute Gasteiger partial charge is 0.462 e. The number of rotatable bonds is 5. The van der Waals surface area contributed by atoms with Gasteiger partial charge in [0.25, 0.3) is 0 Å². The van der Waals surface area contributed by atoms with Crippen LogP contribution in [0, 0.1) is 0 Å². The Bertz CT molecular complexity index is 343. The zero-order valence-electron chi connectivity index (χ0n) is 12.4. The molecule has 0 amide bonds. The average Bonchev–Trinajstić information content (AvgIpc) is 2.38. The van der Waals surface area contributed by atoms with Gasteiger partial charge >= 0.3 is 5.97 Å². The lowest BCUT2D eigenvalue weighted by Crippen LogP contribution is -2.07. The summed E-state index contributed by atoms with van der Waals surface area (Å²) in [7, 11) is 3.75. The molecule has 0 saturated heterocycles. The highest BCUT2D eigenvalue weighted by Gasteiger charge is 2.10. The Kier molecular flexibility index (Phi) is 14.3. The highest BCUT2D eigenvalue weighted by molar-refractivity contribution is 5.91. The van der Waals surface area contributed by atoms with Crippen LogP contribution in [0.3, 0.4) is 0 Å². The number of nitrogens with one attached hydrogen (secondary N) is 1. The molecule has 0 radical (unpaired) electrons. The highest BCUT2D eigenvalue weighted by Crippen LogP contribution is 2.13. The number of benzene rings is 1. The molecule has 0 aliphatic rings. The van der Waals surface area contributed by atoms with E-state index in [9.17, 15) is 4.79 Å². The first-order chi connectivity index (χ1) is 8.71. The van der Waals surface area contributed by atoms with Crippen LogP contribution in [0.2, 0.25) is 0 Å². The molecule has 1 rings (SSSR count). The lowest BCUT2D eigenvalue weighted by Gasteiger charge is -2.07. The molecule has 3 nitrogen and oxygen atoms in total. The summed E-state index contributed by atoms with van der Waals surface area (Å²) in [5.74, 6) is -0.204. The van der Waals surface area contributed by atoms with Gasteiger partial charge in [-0.05, 0) is 45.5 Å². The molecule has 0 aliphatic carbocycles. The van der Waals surface area contributed by atoms with E-state index in [1.54, 1.807) is 0 Å². The van der Waals surface area contributed by atoms with Crippen LogP contribution in [0.25, 0.3) is 0 Å². The monoisotopic (exact) mass is 287 g/mol. The number of halogens is 1. The molecule has 0 unspecified atom stereocenters. The molecular weight excluding hydrogens is 262 g/mol. The number of hydrogen-bond acceptors (Lipinski definition) is 3. The molecule has 0 aliphatic heterocycles. The fourth-order valence-electron chi connectivity index (χ4n) is 1.51. The molecule has 0 atom stereocenters. The van der Waals surface area contributed by atoms with Crippen LogP contribution in [0.5, 0.6) is 0 Å². The van der Waals surface area contributed by atoms with Crippen molar-refractivity contribution in [2.24, 2.45) is 0 Å². The van der Waals surface area contributed by atoms with E-state index in [1.165, 1.54) is 0 Å². The minimum absolute atomic E-state index is 0. The van der Waals surface area contributed by atoms with E-state index in [0.29, 0.717) is 12.2 Å². The van der Waals surface area contributed by atoms with Crippen LogP contribution in [-0.4, -0.2) is 26.7 Å². The number of carbonyl (C=O) groups excluding carboxylic acids is 1. The van der Waals surface area contributed by atoms with Crippen LogP contribution >= 0.6 is 12.4 Å². The van der Waals surface area contributed by atoms with Gasteiger partial charge in [0.2, 0.25) is 0 Å². The SMILES string of the molecule is CCCCc1ccccc1C(=O)OCC.CNC.Cl. The molecule has 0 bridgehead atoms. The molecule has 0 spiro atoms. The van der Waals surface area contributed by atoms with Crippen molar-refractivity contribution in [3.8, 4) is 0 Å². The number of unbranched alkanes of at least 4 members (excludes halogenated alkanes) is 1. The summed E-state index contributed by atoms with van der Waals surface area (Å²) < 4.78 is 5.01. The molecule has 1 N–H and O–H groups in total. The smallest absolute Gasteiger partial charge is 0.338 e. The van der Waals surface area contributed by atoms with E-state index in [2.05, 4.69) is 12.2 Å². The van der Waals surface area contributed by atoms with Crippen molar-refractivity contribution in [3.05, 3.63) is 35.4 Å². The number of hydrogen-bond donors (Lipinski definition) is 1. The van der Waals surface area contributed by atoms with Gasteiger partial charge in [-0.3, -0.25) is 0 Å². The first-order valence-electron chi connectivity index (χ1n) is 6.54. The Morgan fingerprint density at radius 1 is 1.21 bits per heavy atom. The quantitative estimate of drug-likeness (QED) is 0.843. The predicted molar refractivity (Wildman–Crippen MR) is 83.2 cm³/mol. The summed E-state index contributed by atoms with van der Waals surface area (Å²) in [6, 6.07) is 7.68. The van der Waals surface area contributed by atoms with E-state index in [4.69, 9.17) is 4.74 Å². The lowest BCUT2D eigenvalue weighted by atomic mass is 10.0.